The number of benzene rings is 1. The number of hydrogen-bond donors (Lipinski definition) is 0. The van der Waals surface area contributed by atoms with Crippen molar-refractivity contribution in [3.8, 4) is 6.07 Å². The molecule has 1 aliphatic heterocycles. The van der Waals surface area contributed by atoms with Crippen molar-refractivity contribution in [2.75, 3.05) is 31.6 Å². The summed E-state index contributed by atoms with van der Waals surface area (Å²) in [6, 6.07) is 9.35. The lowest BCUT2D eigenvalue weighted by Gasteiger charge is -2.24. The van der Waals surface area contributed by atoms with Crippen molar-refractivity contribution in [1.29, 1.82) is 5.26 Å². The van der Waals surface area contributed by atoms with Crippen LogP contribution in [-0.4, -0.2) is 37.6 Å². The molecular formula is C15H21N3. The minimum absolute atomic E-state index is 0.504. The third kappa shape index (κ3) is 2.65. The van der Waals surface area contributed by atoms with Gasteiger partial charge in [-0.2, -0.15) is 5.26 Å². The summed E-state index contributed by atoms with van der Waals surface area (Å²) in [5.41, 5.74) is 4.00. The van der Waals surface area contributed by atoms with Gasteiger partial charge < -0.3 is 4.90 Å². The summed E-state index contributed by atoms with van der Waals surface area (Å²) in [4.78, 5) is 4.60. The predicted molar refractivity (Wildman–Crippen MR) is 74.8 cm³/mol. The molecule has 1 atom stereocenters. The summed E-state index contributed by atoms with van der Waals surface area (Å²) in [6.07, 6.45) is 1.14. The SMILES string of the molecule is Cc1ccc(C)c(N2CCC(N(C)CC#N)C2)c1. The van der Waals surface area contributed by atoms with E-state index in [1.807, 2.05) is 7.05 Å². The van der Waals surface area contributed by atoms with Gasteiger partial charge >= 0.3 is 0 Å². The van der Waals surface area contributed by atoms with E-state index < -0.39 is 0 Å². The van der Waals surface area contributed by atoms with E-state index in [2.05, 4.69) is 47.9 Å². The summed E-state index contributed by atoms with van der Waals surface area (Å²) in [5.74, 6) is 0. The maximum atomic E-state index is 8.76. The van der Waals surface area contributed by atoms with Crippen LogP contribution in [0.1, 0.15) is 17.5 Å². The summed E-state index contributed by atoms with van der Waals surface area (Å²) in [6.45, 7) is 6.94. The lowest BCUT2D eigenvalue weighted by Crippen LogP contribution is -2.34. The van der Waals surface area contributed by atoms with Crippen LogP contribution in [-0.2, 0) is 0 Å². The Bertz CT molecular complexity index is 461. The van der Waals surface area contributed by atoms with E-state index in [-0.39, 0.29) is 0 Å². The van der Waals surface area contributed by atoms with Gasteiger partial charge in [-0.25, -0.2) is 0 Å². The van der Waals surface area contributed by atoms with Crippen molar-refractivity contribution in [2.24, 2.45) is 0 Å². The first-order chi connectivity index (χ1) is 8.61. The third-order valence-corrected chi connectivity index (χ3v) is 3.81. The maximum absolute atomic E-state index is 8.76. The Morgan fingerprint density at radius 3 is 2.94 bits per heavy atom. The molecule has 0 amide bonds. The first-order valence-corrected chi connectivity index (χ1v) is 6.51. The Labute approximate surface area is 110 Å². The number of nitriles is 1. The van der Waals surface area contributed by atoms with Crippen LogP contribution in [0.25, 0.3) is 0 Å². The molecular weight excluding hydrogens is 222 g/mol. The molecule has 0 bridgehead atoms. The van der Waals surface area contributed by atoms with E-state index in [1.165, 1.54) is 16.8 Å². The standard InChI is InChI=1S/C15H21N3/c1-12-4-5-13(2)15(10-12)18-8-6-14(11-18)17(3)9-7-16/h4-5,10,14H,6,8-9,11H2,1-3H3. The Kier molecular flexibility index (Phi) is 3.88. The second-order valence-electron chi connectivity index (χ2n) is 5.25. The van der Waals surface area contributed by atoms with E-state index in [0.29, 0.717) is 12.6 Å². The quantitative estimate of drug-likeness (QED) is 0.763. The molecule has 1 heterocycles. The van der Waals surface area contributed by atoms with Crippen LogP contribution in [0.3, 0.4) is 0 Å². The highest BCUT2D eigenvalue weighted by molar-refractivity contribution is 5.55. The number of anilines is 1. The normalized spacial score (nSPS) is 19.3. The molecule has 1 aromatic rings. The van der Waals surface area contributed by atoms with Crippen LogP contribution in [0.15, 0.2) is 18.2 Å². The van der Waals surface area contributed by atoms with Gasteiger partial charge in [0.25, 0.3) is 0 Å². The van der Waals surface area contributed by atoms with Crippen molar-refractivity contribution < 1.29 is 0 Å². The third-order valence-electron chi connectivity index (χ3n) is 3.81. The van der Waals surface area contributed by atoms with Crippen LogP contribution >= 0.6 is 0 Å². The van der Waals surface area contributed by atoms with Crippen LogP contribution in [0.4, 0.5) is 5.69 Å². The largest absolute Gasteiger partial charge is 0.370 e. The molecule has 0 spiro atoms. The molecule has 0 radical (unpaired) electrons. The van der Waals surface area contributed by atoms with Gasteiger partial charge in [0.2, 0.25) is 0 Å². The summed E-state index contributed by atoms with van der Waals surface area (Å²) < 4.78 is 0. The molecule has 0 saturated carbocycles. The number of nitrogens with zero attached hydrogens (tertiary/aromatic N) is 3. The van der Waals surface area contributed by atoms with Crippen molar-refractivity contribution in [1.82, 2.24) is 4.90 Å². The first-order valence-electron chi connectivity index (χ1n) is 6.51. The molecule has 1 aliphatic rings. The molecule has 96 valence electrons. The van der Waals surface area contributed by atoms with Crippen molar-refractivity contribution in [2.45, 2.75) is 26.3 Å². The zero-order valence-electron chi connectivity index (χ0n) is 11.5. The van der Waals surface area contributed by atoms with Gasteiger partial charge in [0.15, 0.2) is 0 Å². The molecule has 3 heteroatoms. The average Bonchev–Trinajstić information content (AvgIpc) is 2.82. The van der Waals surface area contributed by atoms with Crippen molar-refractivity contribution >= 4 is 5.69 Å². The minimum Gasteiger partial charge on any atom is -0.370 e. The summed E-state index contributed by atoms with van der Waals surface area (Å²) in [5, 5.41) is 8.76. The predicted octanol–water partition coefficient (Wildman–Crippen LogP) is 2.34. The molecule has 2 rings (SSSR count). The zero-order valence-corrected chi connectivity index (χ0v) is 11.5. The van der Waals surface area contributed by atoms with Crippen LogP contribution in [0, 0.1) is 25.2 Å². The lowest BCUT2D eigenvalue weighted by atomic mass is 10.1. The van der Waals surface area contributed by atoms with Gasteiger partial charge in [0.05, 0.1) is 12.6 Å². The number of hydrogen-bond acceptors (Lipinski definition) is 3. The second-order valence-corrected chi connectivity index (χ2v) is 5.25. The highest BCUT2D eigenvalue weighted by atomic mass is 15.2. The topological polar surface area (TPSA) is 30.3 Å². The molecule has 0 N–H and O–H groups in total. The van der Waals surface area contributed by atoms with E-state index in [9.17, 15) is 0 Å². The molecule has 1 fully saturated rings. The van der Waals surface area contributed by atoms with E-state index >= 15 is 0 Å². The highest BCUT2D eigenvalue weighted by Gasteiger charge is 2.26. The number of rotatable bonds is 3. The fourth-order valence-corrected chi connectivity index (χ4v) is 2.62. The molecule has 0 aromatic heterocycles. The van der Waals surface area contributed by atoms with E-state index in [4.69, 9.17) is 5.26 Å². The van der Waals surface area contributed by atoms with Gasteiger partial charge in [0.1, 0.15) is 0 Å². The monoisotopic (exact) mass is 243 g/mol. The maximum Gasteiger partial charge on any atom is 0.0866 e. The van der Waals surface area contributed by atoms with Crippen LogP contribution in [0.2, 0.25) is 0 Å². The summed E-state index contributed by atoms with van der Waals surface area (Å²) in [7, 11) is 2.04. The van der Waals surface area contributed by atoms with Crippen molar-refractivity contribution in [3.63, 3.8) is 0 Å². The van der Waals surface area contributed by atoms with Gasteiger partial charge in [0, 0.05) is 24.8 Å². The Morgan fingerprint density at radius 1 is 1.44 bits per heavy atom. The second kappa shape index (κ2) is 5.41. The van der Waals surface area contributed by atoms with Crippen LogP contribution in [0.5, 0.6) is 0 Å². The number of likely N-dealkylation sites (N-methyl/N-ethyl adjacent to an activating group) is 1. The molecule has 0 aliphatic carbocycles. The van der Waals surface area contributed by atoms with E-state index in [1.54, 1.807) is 0 Å². The summed E-state index contributed by atoms with van der Waals surface area (Å²) >= 11 is 0. The first kappa shape index (κ1) is 12.9. The lowest BCUT2D eigenvalue weighted by molar-refractivity contribution is 0.289. The zero-order chi connectivity index (χ0) is 13.1. The average molecular weight is 243 g/mol. The fourth-order valence-electron chi connectivity index (χ4n) is 2.62. The van der Waals surface area contributed by atoms with Gasteiger partial charge in [-0.05, 0) is 44.5 Å². The Balaban J connectivity index is 2.09. The minimum atomic E-state index is 0.504. The fraction of sp³-hybridized carbons (Fsp3) is 0.533. The number of aryl methyl sites for hydroxylation is 2. The van der Waals surface area contributed by atoms with Gasteiger partial charge in [-0.15, -0.1) is 0 Å². The van der Waals surface area contributed by atoms with Gasteiger partial charge in [-0.3, -0.25) is 4.90 Å². The molecule has 1 saturated heterocycles. The Hall–Kier alpha value is -1.53. The molecule has 1 aromatic carbocycles. The van der Waals surface area contributed by atoms with Crippen molar-refractivity contribution in [3.05, 3.63) is 29.3 Å². The molecule has 18 heavy (non-hydrogen) atoms. The molecule has 1 unspecified atom stereocenters. The van der Waals surface area contributed by atoms with E-state index in [0.717, 1.165) is 19.5 Å². The van der Waals surface area contributed by atoms with Gasteiger partial charge in [-0.1, -0.05) is 12.1 Å². The molecule has 3 nitrogen and oxygen atoms in total. The smallest absolute Gasteiger partial charge is 0.0866 e. The Morgan fingerprint density at radius 2 is 2.22 bits per heavy atom. The van der Waals surface area contributed by atoms with Crippen LogP contribution < -0.4 is 4.90 Å². The highest BCUT2D eigenvalue weighted by Crippen LogP contribution is 2.26.